The minimum Gasteiger partial charge on any atom is -0.300 e. The number of Topliss-reactive ketones (excluding diaryl/α,β-unsaturated/α-hetero) is 1. The minimum absolute atomic E-state index is 0.533. The van der Waals surface area contributed by atoms with E-state index in [2.05, 4.69) is 76.3 Å². The lowest BCUT2D eigenvalue weighted by Gasteiger charge is -2.16. The summed E-state index contributed by atoms with van der Waals surface area (Å²) in [6.45, 7) is 9.07. The zero-order valence-corrected chi connectivity index (χ0v) is 31.9. The molecule has 0 amide bonds. The van der Waals surface area contributed by atoms with Gasteiger partial charge in [-0.1, -0.05) is 185 Å². The molecule has 0 unspecified atom stereocenters. The van der Waals surface area contributed by atoms with Crippen LogP contribution in [0.15, 0.2) is 48.6 Å². The van der Waals surface area contributed by atoms with Crippen LogP contribution in [0.3, 0.4) is 0 Å². The summed E-state index contributed by atoms with van der Waals surface area (Å²) in [5.74, 6) is 1.87. The van der Waals surface area contributed by atoms with E-state index >= 15 is 0 Å². The Balaban J connectivity index is 4.01. The molecule has 0 aromatic rings. The van der Waals surface area contributed by atoms with Crippen LogP contribution in [0.5, 0.6) is 0 Å². The summed E-state index contributed by atoms with van der Waals surface area (Å²) in [4.78, 5) is 12.8. The van der Waals surface area contributed by atoms with Crippen molar-refractivity contribution >= 4 is 5.78 Å². The lowest BCUT2D eigenvalue weighted by Crippen LogP contribution is -2.09. The van der Waals surface area contributed by atoms with E-state index in [1.54, 1.807) is 0 Å². The Bertz CT molecular complexity index is 675. The molecule has 1 nitrogen and oxygen atoms in total. The molecular formula is C45H82O. The molecule has 0 heterocycles. The van der Waals surface area contributed by atoms with Crippen LogP contribution in [0.1, 0.15) is 220 Å². The second-order valence-corrected chi connectivity index (χ2v) is 14.6. The smallest absolute Gasteiger partial charge is 0.133 e. The molecular weight excluding hydrogens is 556 g/mol. The SMILES string of the molecule is CCCCC/C=C\C/C=C\CCCCCCCCC(CCCCCCCC/C=C\C/C=C\CCCCC)CC(=O)CCCC(C)C. The van der Waals surface area contributed by atoms with Crippen LogP contribution in [-0.4, -0.2) is 5.78 Å². The van der Waals surface area contributed by atoms with E-state index in [0.717, 1.165) is 32.1 Å². The summed E-state index contributed by atoms with van der Waals surface area (Å²) in [6, 6.07) is 0. The first kappa shape index (κ1) is 44.6. The lowest BCUT2D eigenvalue weighted by molar-refractivity contribution is -0.120. The number of ketones is 1. The molecule has 0 aliphatic rings. The molecule has 46 heavy (non-hydrogen) atoms. The number of allylic oxidation sites excluding steroid dienone is 8. The molecule has 0 rings (SSSR count). The Morgan fingerprint density at radius 1 is 0.435 bits per heavy atom. The molecule has 0 aromatic heterocycles. The number of rotatable bonds is 36. The average molecular weight is 639 g/mol. The third-order valence-corrected chi connectivity index (χ3v) is 9.38. The van der Waals surface area contributed by atoms with Crippen LogP contribution >= 0.6 is 0 Å². The predicted octanol–water partition coefficient (Wildman–Crippen LogP) is 15.8. The van der Waals surface area contributed by atoms with Crippen molar-refractivity contribution in [3.8, 4) is 0 Å². The van der Waals surface area contributed by atoms with Gasteiger partial charge in [0.25, 0.3) is 0 Å². The molecule has 0 atom stereocenters. The largest absolute Gasteiger partial charge is 0.300 e. The summed E-state index contributed by atoms with van der Waals surface area (Å²) < 4.78 is 0. The van der Waals surface area contributed by atoms with Crippen molar-refractivity contribution < 1.29 is 4.79 Å². The van der Waals surface area contributed by atoms with Gasteiger partial charge in [-0.3, -0.25) is 4.79 Å². The summed E-state index contributed by atoms with van der Waals surface area (Å²) in [6.07, 6.45) is 56.6. The molecule has 0 spiro atoms. The van der Waals surface area contributed by atoms with Gasteiger partial charge in [-0.15, -0.1) is 0 Å². The van der Waals surface area contributed by atoms with E-state index in [1.807, 2.05) is 0 Å². The molecule has 0 aliphatic carbocycles. The molecule has 0 fully saturated rings. The van der Waals surface area contributed by atoms with Gasteiger partial charge < -0.3 is 0 Å². The molecule has 268 valence electrons. The van der Waals surface area contributed by atoms with Crippen molar-refractivity contribution in [2.24, 2.45) is 11.8 Å². The van der Waals surface area contributed by atoms with Gasteiger partial charge >= 0.3 is 0 Å². The van der Waals surface area contributed by atoms with E-state index in [4.69, 9.17) is 0 Å². The maximum absolute atomic E-state index is 12.8. The third-order valence-electron chi connectivity index (χ3n) is 9.38. The molecule has 0 aromatic carbocycles. The fourth-order valence-corrected chi connectivity index (χ4v) is 6.32. The van der Waals surface area contributed by atoms with E-state index in [9.17, 15) is 4.79 Å². The number of hydrogen-bond donors (Lipinski definition) is 0. The van der Waals surface area contributed by atoms with Crippen molar-refractivity contribution in [3.63, 3.8) is 0 Å². The summed E-state index contributed by atoms with van der Waals surface area (Å²) in [7, 11) is 0. The zero-order chi connectivity index (χ0) is 33.6. The number of carbonyl (C=O) groups excluding carboxylic acids is 1. The normalized spacial score (nSPS) is 12.5. The molecule has 1 heteroatoms. The Morgan fingerprint density at radius 2 is 0.804 bits per heavy atom. The fourth-order valence-electron chi connectivity index (χ4n) is 6.32. The van der Waals surface area contributed by atoms with Gasteiger partial charge in [0, 0.05) is 12.8 Å². The van der Waals surface area contributed by atoms with Crippen molar-refractivity contribution in [2.75, 3.05) is 0 Å². The maximum Gasteiger partial charge on any atom is 0.133 e. The summed E-state index contributed by atoms with van der Waals surface area (Å²) in [5.41, 5.74) is 0. The van der Waals surface area contributed by atoms with Crippen LogP contribution in [0.4, 0.5) is 0 Å². The zero-order valence-electron chi connectivity index (χ0n) is 31.9. The quantitative estimate of drug-likeness (QED) is 0.0493. The third kappa shape index (κ3) is 37.1. The maximum atomic E-state index is 12.8. The molecule has 0 aliphatic heterocycles. The van der Waals surface area contributed by atoms with Gasteiger partial charge in [0.15, 0.2) is 0 Å². The van der Waals surface area contributed by atoms with Crippen LogP contribution in [0, 0.1) is 11.8 Å². The van der Waals surface area contributed by atoms with Gasteiger partial charge in [0.05, 0.1) is 0 Å². The Hall–Kier alpha value is -1.37. The van der Waals surface area contributed by atoms with E-state index in [1.165, 1.54) is 161 Å². The monoisotopic (exact) mass is 639 g/mol. The van der Waals surface area contributed by atoms with Crippen molar-refractivity contribution in [2.45, 2.75) is 220 Å². The van der Waals surface area contributed by atoms with Crippen LogP contribution in [0.25, 0.3) is 0 Å². The topological polar surface area (TPSA) is 17.1 Å². The second-order valence-electron chi connectivity index (χ2n) is 14.6. The van der Waals surface area contributed by atoms with Gasteiger partial charge in [-0.2, -0.15) is 0 Å². The van der Waals surface area contributed by atoms with Crippen molar-refractivity contribution in [3.05, 3.63) is 48.6 Å². The first-order chi connectivity index (χ1) is 22.6. The van der Waals surface area contributed by atoms with Gasteiger partial charge in [-0.25, -0.2) is 0 Å². The van der Waals surface area contributed by atoms with Gasteiger partial charge in [0.1, 0.15) is 5.78 Å². The van der Waals surface area contributed by atoms with Crippen LogP contribution < -0.4 is 0 Å². The Kier molecular flexibility index (Phi) is 36.9. The van der Waals surface area contributed by atoms with E-state index in [-0.39, 0.29) is 0 Å². The van der Waals surface area contributed by atoms with Gasteiger partial charge in [-0.05, 0) is 82.5 Å². The molecule has 0 bridgehead atoms. The van der Waals surface area contributed by atoms with E-state index in [0.29, 0.717) is 17.6 Å². The molecule has 0 radical (unpaired) electrons. The first-order valence-electron chi connectivity index (χ1n) is 20.7. The van der Waals surface area contributed by atoms with Crippen LogP contribution in [-0.2, 0) is 4.79 Å². The minimum atomic E-state index is 0.533. The standard InChI is InChI=1S/C45H82O/c1-5-7-9-11-13-15-17-19-21-23-25-27-29-31-33-35-39-44(42-45(46)41-37-38-43(3)4)40-36-34-32-30-28-26-24-22-20-18-16-14-12-10-8-6-2/h13-16,19-22,43-44H,5-12,17-18,23-42H2,1-4H3/b15-13-,16-14-,21-19-,22-20-. The summed E-state index contributed by atoms with van der Waals surface area (Å²) in [5, 5.41) is 0. The fraction of sp³-hybridized carbons (Fsp3) is 0.800. The highest BCUT2D eigenvalue weighted by atomic mass is 16.1. The average Bonchev–Trinajstić information content (AvgIpc) is 3.04. The van der Waals surface area contributed by atoms with Gasteiger partial charge in [0.2, 0.25) is 0 Å². The predicted molar refractivity (Wildman–Crippen MR) is 210 cm³/mol. The Labute approximate surface area is 290 Å². The number of carbonyl (C=O) groups is 1. The number of hydrogen-bond acceptors (Lipinski definition) is 1. The molecule has 0 saturated heterocycles. The highest BCUT2D eigenvalue weighted by Crippen LogP contribution is 2.24. The molecule has 0 saturated carbocycles. The summed E-state index contributed by atoms with van der Waals surface area (Å²) >= 11 is 0. The second kappa shape index (κ2) is 38.1. The van der Waals surface area contributed by atoms with E-state index < -0.39 is 0 Å². The highest BCUT2D eigenvalue weighted by molar-refractivity contribution is 5.78. The first-order valence-corrected chi connectivity index (χ1v) is 20.7. The van der Waals surface area contributed by atoms with Crippen molar-refractivity contribution in [1.29, 1.82) is 0 Å². The molecule has 0 N–H and O–H groups in total. The number of unbranched alkanes of at least 4 members (excludes halogenated alkanes) is 18. The Morgan fingerprint density at radius 3 is 1.20 bits per heavy atom. The van der Waals surface area contributed by atoms with Crippen molar-refractivity contribution in [1.82, 2.24) is 0 Å². The van der Waals surface area contributed by atoms with Crippen LogP contribution in [0.2, 0.25) is 0 Å². The highest BCUT2D eigenvalue weighted by Gasteiger charge is 2.14. The lowest BCUT2D eigenvalue weighted by atomic mass is 9.88.